The second-order valence-electron chi connectivity index (χ2n) is 10.0. The number of rotatable bonds is 4. The highest BCUT2D eigenvalue weighted by molar-refractivity contribution is 7.26. The van der Waals surface area contributed by atoms with E-state index in [4.69, 9.17) is 4.42 Å². The van der Waals surface area contributed by atoms with Crippen molar-refractivity contribution in [3.8, 4) is 44.9 Å². The van der Waals surface area contributed by atoms with Crippen LogP contribution in [0, 0.1) is 0 Å². The fourth-order valence-electron chi connectivity index (χ4n) is 5.94. The Morgan fingerprint density at radius 2 is 0.925 bits per heavy atom. The lowest BCUT2D eigenvalue weighted by Crippen LogP contribution is -1.86. The zero-order valence-electron chi connectivity index (χ0n) is 21.7. The molecule has 0 radical (unpaired) electrons. The number of furan rings is 1. The molecule has 8 aromatic rings. The molecule has 0 aliphatic rings. The Labute approximate surface area is 236 Å². The smallest absolute Gasteiger partial charge is 0.143 e. The number of hydrogen-bond donors (Lipinski definition) is 0. The summed E-state index contributed by atoms with van der Waals surface area (Å²) in [6, 6.07) is 51.6. The molecule has 0 atom stereocenters. The van der Waals surface area contributed by atoms with E-state index in [9.17, 15) is 0 Å². The van der Waals surface area contributed by atoms with Crippen molar-refractivity contribution >= 4 is 42.3 Å². The monoisotopic (exact) mass is 528 g/mol. The summed E-state index contributed by atoms with van der Waals surface area (Å²) in [7, 11) is 0. The van der Waals surface area contributed by atoms with Crippen LogP contribution in [0.25, 0.3) is 75.8 Å². The van der Waals surface area contributed by atoms with Crippen molar-refractivity contribution in [2.24, 2.45) is 0 Å². The highest BCUT2D eigenvalue weighted by atomic mass is 32.1. The molecule has 0 aliphatic carbocycles. The molecule has 188 valence electrons. The van der Waals surface area contributed by atoms with E-state index in [0.717, 1.165) is 39.0 Å². The largest absolute Gasteiger partial charge is 0.455 e. The fraction of sp³-hybridized carbons (Fsp3) is 0. The van der Waals surface area contributed by atoms with Crippen LogP contribution in [0.1, 0.15) is 0 Å². The van der Waals surface area contributed by atoms with Crippen molar-refractivity contribution in [1.82, 2.24) is 0 Å². The van der Waals surface area contributed by atoms with Crippen molar-refractivity contribution in [3.05, 3.63) is 146 Å². The first-order valence-corrected chi connectivity index (χ1v) is 14.3. The average Bonchev–Trinajstić information content (AvgIpc) is 3.60. The van der Waals surface area contributed by atoms with E-state index in [0.29, 0.717) is 0 Å². The maximum absolute atomic E-state index is 7.09. The number of fused-ring (bicyclic) bond motifs is 4. The number of thiophene rings is 1. The molecule has 0 saturated carbocycles. The fourth-order valence-corrected chi connectivity index (χ4v) is 7.05. The Hall–Kier alpha value is -4.92. The predicted octanol–water partition coefficient (Wildman–Crippen LogP) is 11.5. The summed E-state index contributed by atoms with van der Waals surface area (Å²) in [5.74, 6) is 1.82. The van der Waals surface area contributed by atoms with Crippen LogP contribution in [0.2, 0.25) is 0 Å². The van der Waals surface area contributed by atoms with Crippen LogP contribution in [-0.4, -0.2) is 0 Å². The minimum atomic E-state index is 0.903. The molecular weight excluding hydrogens is 504 g/mol. The molecule has 0 saturated heterocycles. The van der Waals surface area contributed by atoms with Crippen LogP contribution < -0.4 is 0 Å². The molecule has 40 heavy (non-hydrogen) atoms. The normalized spacial score (nSPS) is 11.5. The van der Waals surface area contributed by atoms with Gasteiger partial charge in [-0.2, -0.15) is 0 Å². The molecule has 6 aromatic carbocycles. The van der Waals surface area contributed by atoms with E-state index < -0.39 is 0 Å². The van der Waals surface area contributed by atoms with Gasteiger partial charge in [0.2, 0.25) is 0 Å². The third-order valence-corrected chi connectivity index (χ3v) is 8.87. The summed E-state index contributed by atoms with van der Waals surface area (Å²) >= 11 is 1.84. The summed E-state index contributed by atoms with van der Waals surface area (Å²) in [5.41, 5.74) is 6.95. The summed E-state index contributed by atoms with van der Waals surface area (Å²) in [6.07, 6.45) is 0. The van der Waals surface area contributed by atoms with Gasteiger partial charge in [-0.25, -0.2) is 0 Å². The van der Waals surface area contributed by atoms with Gasteiger partial charge in [-0.15, -0.1) is 11.3 Å². The van der Waals surface area contributed by atoms with Gasteiger partial charge < -0.3 is 4.42 Å². The van der Waals surface area contributed by atoms with E-state index in [-0.39, 0.29) is 0 Å². The lowest BCUT2D eigenvalue weighted by Gasteiger charge is -2.12. The van der Waals surface area contributed by atoms with Gasteiger partial charge in [0.1, 0.15) is 11.5 Å². The quantitative estimate of drug-likeness (QED) is 0.221. The second kappa shape index (κ2) is 9.37. The summed E-state index contributed by atoms with van der Waals surface area (Å²) in [6.45, 7) is 0. The molecule has 0 aliphatic heterocycles. The zero-order valence-corrected chi connectivity index (χ0v) is 22.5. The number of hydrogen-bond acceptors (Lipinski definition) is 2. The van der Waals surface area contributed by atoms with E-state index in [1.165, 1.54) is 36.9 Å². The molecule has 0 unspecified atom stereocenters. The molecule has 0 fully saturated rings. The van der Waals surface area contributed by atoms with Crippen molar-refractivity contribution in [2.75, 3.05) is 0 Å². The van der Waals surface area contributed by atoms with Gasteiger partial charge in [-0.1, -0.05) is 133 Å². The van der Waals surface area contributed by atoms with Crippen LogP contribution in [0.5, 0.6) is 0 Å². The van der Waals surface area contributed by atoms with Gasteiger partial charge in [-0.3, -0.25) is 0 Å². The first-order valence-electron chi connectivity index (χ1n) is 13.5. The van der Waals surface area contributed by atoms with E-state index >= 15 is 0 Å². The highest BCUT2D eigenvalue weighted by Gasteiger charge is 2.24. The Morgan fingerprint density at radius 1 is 0.375 bits per heavy atom. The van der Waals surface area contributed by atoms with E-state index in [1.807, 2.05) is 11.3 Å². The lowest BCUT2D eigenvalue weighted by atomic mass is 9.92. The van der Waals surface area contributed by atoms with Crippen LogP contribution in [0.15, 0.2) is 150 Å². The molecular formula is C38H24OS. The Bertz CT molecular complexity index is 2150. The summed E-state index contributed by atoms with van der Waals surface area (Å²) in [4.78, 5) is 0. The number of benzene rings is 6. The van der Waals surface area contributed by atoms with E-state index in [2.05, 4.69) is 146 Å². The Morgan fingerprint density at radius 3 is 1.65 bits per heavy atom. The van der Waals surface area contributed by atoms with Crippen molar-refractivity contribution < 1.29 is 4.42 Å². The standard InChI is InChI=1S/C38H24OS/c1-3-13-25(14-4-1)27-17-7-8-18-29(27)37-30-19-9-10-20-31(30)38(39-37)36-28(26-15-5-2-6-16-26)23-24-34-35(36)32-21-11-12-22-33(32)40-34/h1-24H. The predicted molar refractivity (Wildman–Crippen MR) is 171 cm³/mol. The third-order valence-electron chi connectivity index (χ3n) is 7.73. The van der Waals surface area contributed by atoms with Gasteiger partial charge in [0.25, 0.3) is 0 Å². The summed E-state index contributed by atoms with van der Waals surface area (Å²) < 4.78 is 9.65. The molecule has 0 N–H and O–H groups in total. The summed E-state index contributed by atoms with van der Waals surface area (Å²) in [5, 5.41) is 4.77. The van der Waals surface area contributed by atoms with Crippen molar-refractivity contribution in [1.29, 1.82) is 0 Å². The maximum Gasteiger partial charge on any atom is 0.143 e. The molecule has 0 bridgehead atoms. The zero-order chi connectivity index (χ0) is 26.5. The molecule has 2 heteroatoms. The molecule has 2 heterocycles. The van der Waals surface area contributed by atoms with Crippen LogP contribution in [-0.2, 0) is 0 Å². The van der Waals surface area contributed by atoms with Crippen LogP contribution in [0.4, 0.5) is 0 Å². The van der Waals surface area contributed by atoms with Gasteiger partial charge >= 0.3 is 0 Å². The Kier molecular flexibility index (Phi) is 5.39. The topological polar surface area (TPSA) is 13.1 Å². The first kappa shape index (κ1) is 23.0. The average molecular weight is 529 g/mol. The van der Waals surface area contributed by atoms with Crippen molar-refractivity contribution in [2.45, 2.75) is 0 Å². The minimum absolute atomic E-state index is 0.903. The van der Waals surface area contributed by atoms with Gasteiger partial charge in [-0.05, 0) is 34.4 Å². The van der Waals surface area contributed by atoms with Gasteiger partial charge in [0.15, 0.2) is 0 Å². The molecule has 8 rings (SSSR count). The highest BCUT2D eigenvalue weighted by Crippen LogP contribution is 2.49. The van der Waals surface area contributed by atoms with E-state index in [1.54, 1.807) is 0 Å². The lowest BCUT2D eigenvalue weighted by molar-refractivity contribution is 0.603. The SMILES string of the molecule is c1ccc(-c2ccccc2-c2oc(-c3c(-c4ccccc4)ccc4sc5ccccc5c34)c3ccccc23)cc1. The third kappa shape index (κ3) is 3.61. The first-order chi connectivity index (χ1) is 19.9. The molecule has 0 spiro atoms. The van der Waals surface area contributed by atoms with Crippen LogP contribution in [0.3, 0.4) is 0 Å². The van der Waals surface area contributed by atoms with Gasteiger partial charge in [0, 0.05) is 42.1 Å². The molecule has 2 aromatic heterocycles. The molecule has 0 amide bonds. The van der Waals surface area contributed by atoms with Crippen molar-refractivity contribution in [3.63, 3.8) is 0 Å². The van der Waals surface area contributed by atoms with Crippen LogP contribution >= 0.6 is 11.3 Å². The van der Waals surface area contributed by atoms with Gasteiger partial charge in [0.05, 0.1) is 0 Å². The second-order valence-corrected chi connectivity index (χ2v) is 11.1. The maximum atomic E-state index is 7.09. The Balaban J connectivity index is 1.49. The minimum Gasteiger partial charge on any atom is -0.455 e. The molecule has 1 nitrogen and oxygen atoms in total.